The van der Waals surface area contributed by atoms with Crippen LogP contribution in [0.5, 0.6) is 5.75 Å². The number of nitrogens with zero attached hydrogens (tertiary/aromatic N) is 3. The van der Waals surface area contributed by atoms with Gasteiger partial charge in [-0.05, 0) is 55.3 Å². The Morgan fingerprint density at radius 2 is 1.76 bits per heavy atom. The molecular weight excluding hydrogens is 432 g/mol. The van der Waals surface area contributed by atoms with Crippen LogP contribution in [-0.2, 0) is 18.3 Å². The number of carbonyl (C=O) groups is 2. The van der Waals surface area contributed by atoms with Gasteiger partial charge in [-0.3, -0.25) is 19.4 Å². The van der Waals surface area contributed by atoms with Gasteiger partial charge >= 0.3 is 0 Å². The van der Waals surface area contributed by atoms with Crippen molar-refractivity contribution in [2.24, 2.45) is 7.05 Å². The lowest BCUT2D eigenvalue weighted by Gasteiger charge is -2.19. The number of aromatic hydroxyl groups is 1. The summed E-state index contributed by atoms with van der Waals surface area (Å²) in [5.41, 5.74) is 5.65. The van der Waals surface area contributed by atoms with Crippen LogP contribution in [0.3, 0.4) is 0 Å². The molecule has 4 aromatic rings. The Kier molecular flexibility index (Phi) is 6.44. The molecule has 0 saturated carbocycles. The van der Waals surface area contributed by atoms with Gasteiger partial charge in [0.2, 0.25) is 5.91 Å². The second-order valence-electron chi connectivity index (χ2n) is 8.11. The Bertz CT molecular complexity index is 1290. The number of H-pyrrole nitrogens is 1. The number of nitrogens with one attached hydrogen (secondary N) is 3. The fourth-order valence-electron chi connectivity index (χ4n) is 3.83. The van der Waals surface area contributed by atoms with Crippen LogP contribution in [0, 0.1) is 13.8 Å². The van der Waals surface area contributed by atoms with Crippen molar-refractivity contribution in [3.05, 3.63) is 83.4 Å². The maximum atomic E-state index is 13.2. The second-order valence-corrected chi connectivity index (χ2v) is 8.11. The lowest BCUT2D eigenvalue weighted by Crippen LogP contribution is -2.45. The van der Waals surface area contributed by atoms with Gasteiger partial charge in [-0.1, -0.05) is 24.3 Å². The van der Waals surface area contributed by atoms with Crippen LogP contribution < -0.4 is 10.6 Å². The van der Waals surface area contributed by atoms with Crippen LogP contribution in [-0.4, -0.2) is 42.9 Å². The normalized spacial score (nSPS) is 11.7. The number of rotatable bonds is 7. The average Bonchev–Trinajstić information content (AvgIpc) is 3.40. The lowest BCUT2D eigenvalue weighted by molar-refractivity contribution is -0.118. The standard InChI is InChI=1S/C25H26N6O3/c1-15-23(16(2)30-29-15)18-6-8-19(9-7-18)27-24(33)21(14-17-4-10-20(32)11-5-17)28-25(34)22-12-13-26-31(22)3/h4-13,21,32H,14H2,1-3H3,(H,27,33)(H,28,34)(H,29,30)/t21-/m0/s1. The molecule has 34 heavy (non-hydrogen) atoms. The van der Waals surface area contributed by atoms with Crippen LogP contribution in [0.25, 0.3) is 11.1 Å². The molecule has 0 aliphatic heterocycles. The van der Waals surface area contributed by atoms with E-state index in [2.05, 4.69) is 25.9 Å². The van der Waals surface area contributed by atoms with Gasteiger partial charge in [-0.15, -0.1) is 0 Å². The van der Waals surface area contributed by atoms with Crippen LogP contribution in [0.1, 0.15) is 27.4 Å². The molecule has 0 radical (unpaired) electrons. The molecule has 0 saturated heterocycles. The van der Waals surface area contributed by atoms with Crippen molar-refractivity contribution in [2.45, 2.75) is 26.3 Å². The largest absolute Gasteiger partial charge is 0.508 e. The molecule has 0 aliphatic carbocycles. The molecule has 4 rings (SSSR count). The number of amides is 2. The molecule has 0 spiro atoms. The van der Waals surface area contributed by atoms with Gasteiger partial charge in [-0.2, -0.15) is 10.2 Å². The first-order valence-electron chi connectivity index (χ1n) is 10.8. The zero-order chi connectivity index (χ0) is 24.2. The van der Waals surface area contributed by atoms with Crippen molar-refractivity contribution in [2.75, 3.05) is 5.32 Å². The van der Waals surface area contributed by atoms with Gasteiger partial charge in [0.25, 0.3) is 5.91 Å². The van der Waals surface area contributed by atoms with Crippen molar-refractivity contribution < 1.29 is 14.7 Å². The predicted molar refractivity (Wildman–Crippen MR) is 128 cm³/mol. The minimum atomic E-state index is -0.843. The quantitative estimate of drug-likeness (QED) is 0.339. The van der Waals surface area contributed by atoms with E-state index in [0.717, 1.165) is 28.1 Å². The number of hydrogen-bond donors (Lipinski definition) is 4. The maximum absolute atomic E-state index is 13.2. The summed E-state index contributed by atoms with van der Waals surface area (Å²) in [6.45, 7) is 3.90. The van der Waals surface area contributed by atoms with Gasteiger partial charge in [-0.25, -0.2) is 0 Å². The molecule has 2 amide bonds. The van der Waals surface area contributed by atoms with Crippen LogP contribution in [0.4, 0.5) is 5.69 Å². The SMILES string of the molecule is Cc1n[nH]c(C)c1-c1ccc(NC(=O)[C@H](Cc2ccc(O)cc2)NC(=O)c2ccnn2C)cc1. The van der Waals surface area contributed by atoms with E-state index in [1.54, 1.807) is 37.4 Å². The molecule has 9 nitrogen and oxygen atoms in total. The number of carbonyl (C=O) groups excluding carboxylic acids is 2. The summed E-state index contributed by atoms with van der Waals surface area (Å²) in [5.74, 6) is -0.626. The highest BCUT2D eigenvalue weighted by Gasteiger charge is 2.23. The van der Waals surface area contributed by atoms with Gasteiger partial charge < -0.3 is 15.7 Å². The van der Waals surface area contributed by atoms with Crippen LogP contribution in [0.2, 0.25) is 0 Å². The molecular formula is C25H26N6O3. The zero-order valence-corrected chi connectivity index (χ0v) is 19.2. The number of aromatic amines is 1. The summed E-state index contributed by atoms with van der Waals surface area (Å²) in [4.78, 5) is 26.0. The fraction of sp³-hybridized carbons (Fsp3) is 0.200. The Labute approximate surface area is 196 Å². The van der Waals surface area contributed by atoms with E-state index in [-0.39, 0.29) is 18.1 Å². The monoisotopic (exact) mass is 458 g/mol. The van der Waals surface area contributed by atoms with Crippen molar-refractivity contribution in [1.82, 2.24) is 25.3 Å². The fourth-order valence-corrected chi connectivity index (χ4v) is 3.83. The average molecular weight is 459 g/mol. The van der Waals surface area contributed by atoms with E-state index < -0.39 is 11.9 Å². The topological polar surface area (TPSA) is 125 Å². The summed E-state index contributed by atoms with van der Waals surface area (Å²) in [5, 5.41) is 26.5. The highest BCUT2D eigenvalue weighted by molar-refractivity contribution is 6.00. The Hall–Kier alpha value is -4.40. The third-order valence-corrected chi connectivity index (χ3v) is 5.62. The Morgan fingerprint density at radius 3 is 2.35 bits per heavy atom. The molecule has 0 bridgehead atoms. The lowest BCUT2D eigenvalue weighted by atomic mass is 10.0. The molecule has 0 unspecified atom stereocenters. The number of phenolic OH excluding ortho intramolecular Hbond substituents is 1. The summed E-state index contributed by atoms with van der Waals surface area (Å²) >= 11 is 0. The van der Waals surface area contributed by atoms with E-state index in [9.17, 15) is 14.7 Å². The first-order valence-corrected chi connectivity index (χ1v) is 10.8. The van der Waals surface area contributed by atoms with Crippen molar-refractivity contribution >= 4 is 17.5 Å². The second kappa shape index (κ2) is 9.62. The van der Waals surface area contributed by atoms with Crippen molar-refractivity contribution in [1.29, 1.82) is 0 Å². The molecule has 2 aromatic carbocycles. The van der Waals surface area contributed by atoms with Crippen molar-refractivity contribution in [3.63, 3.8) is 0 Å². The third-order valence-electron chi connectivity index (χ3n) is 5.62. The summed E-state index contributed by atoms with van der Waals surface area (Å²) in [6.07, 6.45) is 1.77. The highest BCUT2D eigenvalue weighted by Crippen LogP contribution is 2.26. The van der Waals surface area contributed by atoms with Gasteiger partial charge in [0, 0.05) is 36.6 Å². The molecule has 0 aliphatic rings. The van der Waals surface area contributed by atoms with E-state index in [1.165, 1.54) is 10.9 Å². The molecule has 174 valence electrons. The third kappa shape index (κ3) is 4.98. The predicted octanol–water partition coefficient (Wildman–Crippen LogP) is 3.11. The molecule has 4 N–H and O–H groups in total. The minimum absolute atomic E-state index is 0.131. The molecule has 0 fully saturated rings. The Balaban J connectivity index is 1.52. The number of phenols is 1. The number of hydrogen-bond acceptors (Lipinski definition) is 5. The highest BCUT2D eigenvalue weighted by atomic mass is 16.3. The maximum Gasteiger partial charge on any atom is 0.270 e. The molecule has 9 heteroatoms. The van der Waals surface area contributed by atoms with E-state index in [4.69, 9.17) is 0 Å². The van der Waals surface area contributed by atoms with Crippen LogP contribution >= 0.6 is 0 Å². The summed E-state index contributed by atoms with van der Waals surface area (Å²) in [7, 11) is 1.66. The number of aryl methyl sites for hydroxylation is 3. The van der Waals surface area contributed by atoms with E-state index >= 15 is 0 Å². The summed E-state index contributed by atoms with van der Waals surface area (Å²) in [6, 6.07) is 14.8. The number of anilines is 1. The molecule has 2 heterocycles. The minimum Gasteiger partial charge on any atom is -0.508 e. The van der Waals surface area contributed by atoms with Gasteiger partial charge in [0.15, 0.2) is 0 Å². The molecule has 1 atom stereocenters. The van der Waals surface area contributed by atoms with Gasteiger partial charge in [0.1, 0.15) is 17.5 Å². The summed E-state index contributed by atoms with van der Waals surface area (Å²) < 4.78 is 1.45. The van der Waals surface area contributed by atoms with E-state index in [1.807, 2.05) is 38.1 Å². The first-order chi connectivity index (χ1) is 16.3. The zero-order valence-electron chi connectivity index (χ0n) is 19.2. The van der Waals surface area contributed by atoms with Gasteiger partial charge in [0.05, 0.1) is 5.69 Å². The van der Waals surface area contributed by atoms with Crippen LogP contribution in [0.15, 0.2) is 60.8 Å². The smallest absolute Gasteiger partial charge is 0.270 e. The molecule has 2 aromatic heterocycles. The van der Waals surface area contributed by atoms with Crippen molar-refractivity contribution in [3.8, 4) is 16.9 Å². The first kappa shape index (κ1) is 22.8. The number of aromatic nitrogens is 4. The Morgan fingerprint density at radius 1 is 1.06 bits per heavy atom. The van der Waals surface area contributed by atoms with E-state index in [0.29, 0.717) is 11.4 Å². The number of benzene rings is 2.